The summed E-state index contributed by atoms with van der Waals surface area (Å²) in [5, 5.41) is 2.68. The second-order valence-electron chi connectivity index (χ2n) is 6.62. The van der Waals surface area contributed by atoms with E-state index in [0.717, 1.165) is 6.07 Å². The van der Waals surface area contributed by atoms with Crippen LogP contribution in [0.5, 0.6) is 0 Å². The predicted molar refractivity (Wildman–Crippen MR) is 89.6 cm³/mol. The van der Waals surface area contributed by atoms with Crippen molar-refractivity contribution < 1.29 is 23.1 Å². The Morgan fingerprint density at radius 2 is 1.96 bits per heavy atom. The molecule has 1 N–H and O–H groups in total. The van der Waals surface area contributed by atoms with Gasteiger partial charge < -0.3 is 10.1 Å². The minimum Gasteiger partial charge on any atom is -0.457 e. The first-order valence-electron chi connectivity index (χ1n) is 8.60. The third kappa shape index (κ3) is 2.85. The van der Waals surface area contributed by atoms with Crippen molar-refractivity contribution in [2.24, 2.45) is 0 Å². The van der Waals surface area contributed by atoms with Crippen LogP contribution in [-0.4, -0.2) is 18.4 Å². The smallest absolute Gasteiger partial charge is 0.315 e. The summed E-state index contributed by atoms with van der Waals surface area (Å²) in [4.78, 5) is 24.7. The molecule has 4 nitrogen and oxygen atoms in total. The molecular weight excluding hydrogens is 340 g/mol. The van der Waals surface area contributed by atoms with Gasteiger partial charge in [0.1, 0.15) is 17.7 Å². The molecule has 1 heterocycles. The van der Waals surface area contributed by atoms with Crippen molar-refractivity contribution >= 4 is 11.9 Å². The van der Waals surface area contributed by atoms with E-state index >= 15 is 0 Å². The van der Waals surface area contributed by atoms with Gasteiger partial charge in [0.05, 0.1) is 5.92 Å². The van der Waals surface area contributed by atoms with Crippen molar-refractivity contribution in [1.29, 1.82) is 0 Å². The number of carbonyl (C=O) groups excluding carboxylic acids is 2. The molecule has 1 aliphatic heterocycles. The van der Waals surface area contributed by atoms with E-state index in [1.165, 1.54) is 6.07 Å². The SMILES string of the molecule is O=C1NCC(C(=O)O[C@@H]2CCCc3c(F)cc(F)cc32)c2ccccc21. The molecule has 2 aromatic carbocycles. The van der Waals surface area contributed by atoms with Gasteiger partial charge in [0.25, 0.3) is 5.91 Å². The summed E-state index contributed by atoms with van der Waals surface area (Å²) in [5.74, 6) is -2.64. The standard InChI is InChI=1S/C20H17F2NO3/c21-11-8-15-13(17(22)9-11)6-3-7-18(15)26-20(25)16-10-23-19(24)14-5-2-1-4-12(14)16/h1-2,4-5,8-9,16,18H,3,6-7,10H2,(H,23,24)/t16?,18-/m1/s1. The first kappa shape index (κ1) is 16.7. The van der Waals surface area contributed by atoms with Crippen LogP contribution in [0.3, 0.4) is 0 Å². The lowest BCUT2D eigenvalue weighted by molar-refractivity contribution is -0.152. The molecule has 2 aromatic rings. The third-order valence-electron chi connectivity index (χ3n) is 5.03. The van der Waals surface area contributed by atoms with E-state index in [0.29, 0.717) is 41.5 Å². The van der Waals surface area contributed by atoms with Gasteiger partial charge in [0.15, 0.2) is 0 Å². The molecule has 0 fully saturated rings. The third-order valence-corrected chi connectivity index (χ3v) is 5.03. The number of carbonyl (C=O) groups is 2. The van der Waals surface area contributed by atoms with Crippen molar-refractivity contribution in [3.63, 3.8) is 0 Å². The van der Waals surface area contributed by atoms with Crippen molar-refractivity contribution in [1.82, 2.24) is 5.32 Å². The molecule has 0 aromatic heterocycles. The van der Waals surface area contributed by atoms with Crippen LogP contribution in [0, 0.1) is 11.6 Å². The quantitative estimate of drug-likeness (QED) is 0.838. The number of esters is 1. The molecule has 1 amide bonds. The van der Waals surface area contributed by atoms with E-state index in [-0.39, 0.29) is 12.5 Å². The van der Waals surface area contributed by atoms with Gasteiger partial charge in [0.2, 0.25) is 0 Å². The normalized spacial score (nSPS) is 21.4. The van der Waals surface area contributed by atoms with Gasteiger partial charge in [-0.2, -0.15) is 0 Å². The second-order valence-corrected chi connectivity index (χ2v) is 6.62. The summed E-state index contributed by atoms with van der Waals surface area (Å²) in [6.07, 6.45) is 0.993. The van der Waals surface area contributed by atoms with Gasteiger partial charge in [-0.25, -0.2) is 8.78 Å². The van der Waals surface area contributed by atoms with Crippen molar-refractivity contribution in [3.05, 3.63) is 70.3 Å². The Morgan fingerprint density at radius 1 is 1.15 bits per heavy atom. The molecule has 2 atom stereocenters. The van der Waals surface area contributed by atoms with Crippen LogP contribution < -0.4 is 5.32 Å². The van der Waals surface area contributed by atoms with Gasteiger partial charge in [-0.1, -0.05) is 18.2 Å². The molecule has 0 radical (unpaired) electrons. The van der Waals surface area contributed by atoms with Gasteiger partial charge in [-0.3, -0.25) is 9.59 Å². The highest BCUT2D eigenvalue weighted by atomic mass is 19.1. The summed E-state index contributed by atoms with van der Waals surface area (Å²) in [5.41, 5.74) is 1.87. The van der Waals surface area contributed by atoms with E-state index < -0.39 is 29.6 Å². The predicted octanol–water partition coefficient (Wildman–Crippen LogP) is 3.41. The van der Waals surface area contributed by atoms with Crippen LogP contribution in [0.2, 0.25) is 0 Å². The van der Waals surface area contributed by atoms with Crippen molar-refractivity contribution in [3.8, 4) is 0 Å². The Morgan fingerprint density at radius 3 is 2.81 bits per heavy atom. The number of halogens is 2. The topological polar surface area (TPSA) is 55.4 Å². The van der Waals surface area contributed by atoms with Crippen LogP contribution in [0.4, 0.5) is 8.78 Å². The first-order chi connectivity index (χ1) is 12.5. The van der Waals surface area contributed by atoms with Gasteiger partial charge in [-0.05, 0) is 42.5 Å². The molecule has 6 heteroatoms. The zero-order valence-electron chi connectivity index (χ0n) is 13.9. The summed E-state index contributed by atoms with van der Waals surface area (Å²) >= 11 is 0. The number of rotatable bonds is 2. The average molecular weight is 357 g/mol. The van der Waals surface area contributed by atoms with Crippen LogP contribution in [0.15, 0.2) is 36.4 Å². The van der Waals surface area contributed by atoms with E-state index in [1.54, 1.807) is 24.3 Å². The van der Waals surface area contributed by atoms with Crippen LogP contribution in [0.1, 0.15) is 51.9 Å². The first-order valence-corrected chi connectivity index (χ1v) is 8.60. The lowest BCUT2D eigenvalue weighted by atomic mass is 9.88. The lowest BCUT2D eigenvalue weighted by Gasteiger charge is -2.29. The highest BCUT2D eigenvalue weighted by Crippen LogP contribution is 2.36. The highest BCUT2D eigenvalue weighted by molar-refractivity contribution is 5.99. The molecule has 134 valence electrons. The monoisotopic (exact) mass is 357 g/mol. The summed E-state index contributed by atoms with van der Waals surface area (Å²) in [6.45, 7) is 0.145. The Balaban J connectivity index is 1.61. The number of amides is 1. The second kappa shape index (κ2) is 6.52. The molecule has 1 aliphatic carbocycles. The average Bonchev–Trinajstić information content (AvgIpc) is 2.63. The van der Waals surface area contributed by atoms with Crippen molar-refractivity contribution in [2.75, 3.05) is 6.54 Å². The fourth-order valence-electron chi connectivity index (χ4n) is 3.76. The molecule has 0 spiro atoms. The fraction of sp³-hybridized carbons (Fsp3) is 0.300. The molecule has 1 unspecified atom stereocenters. The maximum atomic E-state index is 14.0. The molecular formula is C20H17F2NO3. The number of benzene rings is 2. The Bertz CT molecular complexity index is 897. The fourth-order valence-corrected chi connectivity index (χ4v) is 3.76. The Kier molecular flexibility index (Phi) is 4.18. The maximum absolute atomic E-state index is 14.0. The van der Waals surface area contributed by atoms with E-state index in [9.17, 15) is 18.4 Å². The number of nitrogens with one attached hydrogen (secondary N) is 1. The van der Waals surface area contributed by atoms with E-state index in [1.807, 2.05) is 0 Å². The van der Waals surface area contributed by atoms with Crippen LogP contribution in [0.25, 0.3) is 0 Å². The minimum absolute atomic E-state index is 0.145. The van der Waals surface area contributed by atoms with Gasteiger partial charge in [-0.15, -0.1) is 0 Å². The number of hydrogen-bond donors (Lipinski definition) is 1. The zero-order chi connectivity index (χ0) is 18.3. The molecule has 2 aliphatic rings. The number of hydrogen-bond acceptors (Lipinski definition) is 3. The molecule has 0 saturated carbocycles. The van der Waals surface area contributed by atoms with E-state index in [2.05, 4.69) is 5.32 Å². The summed E-state index contributed by atoms with van der Waals surface area (Å²) in [6, 6.07) is 8.98. The largest absolute Gasteiger partial charge is 0.457 e. The van der Waals surface area contributed by atoms with Crippen LogP contribution >= 0.6 is 0 Å². The zero-order valence-corrected chi connectivity index (χ0v) is 13.9. The Labute approximate surface area is 149 Å². The summed E-state index contributed by atoms with van der Waals surface area (Å²) in [7, 11) is 0. The van der Waals surface area contributed by atoms with Gasteiger partial charge >= 0.3 is 5.97 Å². The Hall–Kier alpha value is -2.76. The van der Waals surface area contributed by atoms with Gasteiger partial charge in [0, 0.05) is 23.7 Å². The molecule has 4 rings (SSSR count). The highest BCUT2D eigenvalue weighted by Gasteiger charge is 2.34. The van der Waals surface area contributed by atoms with Crippen LogP contribution in [-0.2, 0) is 16.0 Å². The van der Waals surface area contributed by atoms with E-state index in [4.69, 9.17) is 4.74 Å². The van der Waals surface area contributed by atoms with Crippen molar-refractivity contribution in [2.45, 2.75) is 31.3 Å². The number of ether oxygens (including phenoxy) is 1. The summed E-state index contributed by atoms with van der Waals surface area (Å²) < 4.78 is 33.3. The lowest BCUT2D eigenvalue weighted by Crippen LogP contribution is -2.39. The molecule has 0 saturated heterocycles. The molecule has 26 heavy (non-hydrogen) atoms. The minimum atomic E-state index is -0.681. The maximum Gasteiger partial charge on any atom is 0.315 e. The molecule has 0 bridgehead atoms. The number of fused-ring (bicyclic) bond motifs is 2.